The lowest BCUT2D eigenvalue weighted by atomic mass is 10.2. The van der Waals surface area contributed by atoms with E-state index < -0.39 is 11.8 Å². The fourth-order valence-corrected chi connectivity index (χ4v) is 0.927. The zero-order chi connectivity index (χ0) is 13.3. The minimum absolute atomic E-state index is 0.298. The zero-order valence-corrected chi connectivity index (χ0v) is 11.2. The molecule has 0 bridgehead atoms. The molecule has 0 heterocycles. The Balaban J connectivity index is 4.24. The second-order valence-corrected chi connectivity index (χ2v) is 3.99. The maximum atomic E-state index is 10.9. The fraction of sp³-hybridized carbons (Fsp3) is 0.750. The molecule has 1 unspecified atom stereocenters. The van der Waals surface area contributed by atoms with Gasteiger partial charge in [0.15, 0.2) is 5.79 Å². The molecule has 0 fully saturated rings. The minimum Gasteiger partial charge on any atom is -0.466 e. The van der Waals surface area contributed by atoms with Gasteiger partial charge in [0.05, 0.1) is 7.11 Å². The molecule has 5 heteroatoms. The van der Waals surface area contributed by atoms with Crippen LogP contribution in [0.25, 0.3) is 0 Å². The molecule has 0 saturated carbocycles. The van der Waals surface area contributed by atoms with Crippen LogP contribution in [0.15, 0.2) is 12.2 Å². The van der Waals surface area contributed by atoms with Gasteiger partial charge in [-0.05, 0) is 26.3 Å². The number of hydrogen-bond acceptors (Lipinski definition) is 5. The minimum atomic E-state index is -0.814. The lowest BCUT2D eigenvalue weighted by Crippen LogP contribution is -2.29. The average molecular weight is 246 g/mol. The number of rotatable bonds is 8. The third-order valence-corrected chi connectivity index (χ3v) is 2.09. The molecule has 0 saturated heterocycles. The van der Waals surface area contributed by atoms with Crippen LogP contribution in [0.2, 0.25) is 0 Å². The van der Waals surface area contributed by atoms with Gasteiger partial charge in [-0.2, -0.15) is 0 Å². The van der Waals surface area contributed by atoms with Crippen molar-refractivity contribution in [3.8, 4) is 0 Å². The third kappa shape index (κ3) is 7.90. The highest BCUT2D eigenvalue weighted by molar-refractivity contribution is 5.81. The van der Waals surface area contributed by atoms with Gasteiger partial charge < -0.3 is 9.47 Å². The maximum Gasteiger partial charge on any atom is 0.330 e. The maximum absolute atomic E-state index is 10.9. The number of esters is 1. The number of ether oxygens (including phenoxy) is 2. The largest absolute Gasteiger partial charge is 0.466 e. The summed E-state index contributed by atoms with van der Waals surface area (Å²) >= 11 is 0. The van der Waals surface area contributed by atoms with Gasteiger partial charge >= 0.3 is 5.97 Å². The van der Waals surface area contributed by atoms with E-state index in [9.17, 15) is 4.79 Å². The number of hydrogen-bond donors (Lipinski definition) is 0. The Labute approximate surface area is 103 Å². The molecule has 0 aromatic rings. The van der Waals surface area contributed by atoms with Gasteiger partial charge in [-0.15, -0.1) is 0 Å². The molecule has 5 nitrogen and oxygen atoms in total. The molecule has 0 amide bonds. The van der Waals surface area contributed by atoms with Crippen LogP contribution >= 0.6 is 0 Å². The predicted octanol–water partition coefficient (Wildman–Crippen LogP) is 2.21. The van der Waals surface area contributed by atoms with Crippen molar-refractivity contribution in [2.75, 3.05) is 14.2 Å². The molecule has 0 N–H and O–H groups in total. The summed E-state index contributed by atoms with van der Waals surface area (Å²) in [5.41, 5.74) is 0. The SMILES string of the molecule is CCCC(/C=C\C(=O)OC)OOC(C)(C)OC. The van der Waals surface area contributed by atoms with Crippen LogP contribution in [0, 0.1) is 0 Å². The summed E-state index contributed by atoms with van der Waals surface area (Å²) in [6, 6.07) is 0. The molecule has 0 rings (SSSR count). The van der Waals surface area contributed by atoms with E-state index >= 15 is 0 Å². The Morgan fingerprint density at radius 3 is 2.47 bits per heavy atom. The van der Waals surface area contributed by atoms with Crippen molar-refractivity contribution in [1.29, 1.82) is 0 Å². The van der Waals surface area contributed by atoms with Crippen molar-refractivity contribution in [3.63, 3.8) is 0 Å². The average Bonchev–Trinajstić information content (AvgIpc) is 2.32. The highest BCUT2D eigenvalue weighted by Crippen LogP contribution is 2.14. The van der Waals surface area contributed by atoms with Gasteiger partial charge in [0.1, 0.15) is 6.10 Å². The summed E-state index contributed by atoms with van der Waals surface area (Å²) in [7, 11) is 2.86. The Bertz CT molecular complexity index is 247. The molecule has 17 heavy (non-hydrogen) atoms. The molecule has 0 aliphatic heterocycles. The second kappa shape index (κ2) is 8.22. The molecule has 0 radical (unpaired) electrons. The Kier molecular flexibility index (Phi) is 7.78. The first kappa shape index (κ1) is 16.1. The van der Waals surface area contributed by atoms with Gasteiger partial charge in [-0.3, -0.25) is 0 Å². The highest BCUT2D eigenvalue weighted by atomic mass is 17.2. The first-order chi connectivity index (χ1) is 7.95. The first-order valence-corrected chi connectivity index (χ1v) is 5.61. The van der Waals surface area contributed by atoms with E-state index in [0.29, 0.717) is 0 Å². The third-order valence-electron chi connectivity index (χ3n) is 2.09. The van der Waals surface area contributed by atoms with Crippen LogP contribution in [-0.2, 0) is 24.0 Å². The van der Waals surface area contributed by atoms with E-state index in [1.54, 1.807) is 19.9 Å². The molecule has 0 aliphatic rings. The standard InChI is InChI=1S/C12H22O5/c1-6-7-10(8-9-11(13)14-4)16-17-12(2,3)15-5/h8-10H,6-7H2,1-5H3/b9-8-. The van der Waals surface area contributed by atoms with Gasteiger partial charge in [-0.1, -0.05) is 13.3 Å². The quantitative estimate of drug-likeness (QED) is 0.216. The van der Waals surface area contributed by atoms with Crippen LogP contribution in [0.1, 0.15) is 33.6 Å². The highest BCUT2D eigenvalue weighted by Gasteiger charge is 2.20. The monoisotopic (exact) mass is 246 g/mol. The Morgan fingerprint density at radius 2 is 2.00 bits per heavy atom. The van der Waals surface area contributed by atoms with Crippen LogP contribution in [0.3, 0.4) is 0 Å². The normalized spacial score (nSPS) is 13.9. The van der Waals surface area contributed by atoms with Crippen LogP contribution in [-0.4, -0.2) is 32.1 Å². The molecular formula is C12H22O5. The summed E-state index contributed by atoms with van der Waals surface area (Å²) in [6.07, 6.45) is 4.29. The lowest BCUT2D eigenvalue weighted by Gasteiger charge is -2.23. The van der Waals surface area contributed by atoms with Crippen molar-refractivity contribution in [2.24, 2.45) is 0 Å². The van der Waals surface area contributed by atoms with Crippen molar-refractivity contribution >= 4 is 5.97 Å². The molecular weight excluding hydrogens is 224 g/mol. The summed E-state index contributed by atoms with van der Waals surface area (Å²) in [5, 5.41) is 0. The Morgan fingerprint density at radius 1 is 1.35 bits per heavy atom. The van der Waals surface area contributed by atoms with Crippen LogP contribution in [0.5, 0.6) is 0 Å². The first-order valence-electron chi connectivity index (χ1n) is 5.61. The summed E-state index contributed by atoms with van der Waals surface area (Å²) in [5.74, 6) is -1.23. The van der Waals surface area contributed by atoms with E-state index in [1.165, 1.54) is 20.3 Å². The topological polar surface area (TPSA) is 54.0 Å². The van der Waals surface area contributed by atoms with E-state index in [1.807, 2.05) is 6.92 Å². The molecule has 1 atom stereocenters. The summed E-state index contributed by atoms with van der Waals surface area (Å²) in [6.45, 7) is 5.49. The van der Waals surface area contributed by atoms with E-state index in [4.69, 9.17) is 14.5 Å². The van der Waals surface area contributed by atoms with Gasteiger partial charge in [-0.25, -0.2) is 14.6 Å². The number of methoxy groups -OCH3 is 2. The van der Waals surface area contributed by atoms with E-state index in [2.05, 4.69) is 4.74 Å². The molecule has 0 aromatic carbocycles. The second-order valence-electron chi connectivity index (χ2n) is 3.99. The van der Waals surface area contributed by atoms with E-state index in [-0.39, 0.29) is 6.10 Å². The molecule has 0 spiro atoms. The number of carbonyl (C=O) groups excluding carboxylic acids is 1. The van der Waals surface area contributed by atoms with Crippen molar-refractivity contribution in [2.45, 2.75) is 45.5 Å². The summed E-state index contributed by atoms with van der Waals surface area (Å²) < 4.78 is 9.55. The van der Waals surface area contributed by atoms with E-state index in [0.717, 1.165) is 12.8 Å². The molecule has 0 aliphatic carbocycles. The van der Waals surface area contributed by atoms with Crippen molar-refractivity contribution in [1.82, 2.24) is 0 Å². The van der Waals surface area contributed by atoms with Crippen LogP contribution < -0.4 is 0 Å². The van der Waals surface area contributed by atoms with Gasteiger partial charge in [0, 0.05) is 13.2 Å². The van der Waals surface area contributed by atoms with Gasteiger partial charge in [0.25, 0.3) is 0 Å². The number of carbonyl (C=O) groups is 1. The molecule has 100 valence electrons. The van der Waals surface area contributed by atoms with Crippen molar-refractivity contribution < 1.29 is 24.0 Å². The fourth-order valence-electron chi connectivity index (χ4n) is 0.927. The van der Waals surface area contributed by atoms with Crippen LogP contribution in [0.4, 0.5) is 0 Å². The Hall–Kier alpha value is -0.910. The van der Waals surface area contributed by atoms with Gasteiger partial charge in [0.2, 0.25) is 0 Å². The predicted molar refractivity (Wildman–Crippen MR) is 63.1 cm³/mol. The summed E-state index contributed by atoms with van der Waals surface area (Å²) in [4.78, 5) is 21.3. The van der Waals surface area contributed by atoms with Crippen molar-refractivity contribution in [3.05, 3.63) is 12.2 Å². The lowest BCUT2D eigenvalue weighted by molar-refractivity contribution is -0.425. The molecule has 0 aromatic heterocycles. The zero-order valence-electron chi connectivity index (χ0n) is 11.2. The smallest absolute Gasteiger partial charge is 0.330 e.